The Morgan fingerprint density at radius 3 is 2.33 bits per heavy atom. The topological polar surface area (TPSA) is 76.0 Å². The van der Waals surface area contributed by atoms with Crippen molar-refractivity contribution in [3.63, 3.8) is 0 Å². The number of nitrogens with zero attached hydrogens (tertiary/aromatic N) is 1. The van der Waals surface area contributed by atoms with Gasteiger partial charge in [0.25, 0.3) is 0 Å². The standard InChI is InChI=1S/C7H5NO4/c9-7(10)5-1-3-6(4-2-5)12-8-11/h1-4H,(H,9,10). The number of rotatable bonds is 3. The van der Waals surface area contributed by atoms with Crippen molar-refractivity contribution >= 4 is 5.97 Å². The first kappa shape index (κ1) is 8.19. The summed E-state index contributed by atoms with van der Waals surface area (Å²) in [6, 6.07) is 5.35. The van der Waals surface area contributed by atoms with Crippen LogP contribution in [-0.4, -0.2) is 11.1 Å². The Hall–Kier alpha value is -1.91. The smallest absolute Gasteiger partial charge is 0.335 e. The van der Waals surface area contributed by atoms with Gasteiger partial charge < -0.3 is 9.94 Å². The fourth-order valence-corrected chi connectivity index (χ4v) is 0.701. The summed E-state index contributed by atoms with van der Waals surface area (Å²) in [5, 5.41) is 10.7. The van der Waals surface area contributed by atoms with E-state index in [2.05, 4.69) is 10.2 Å². The molecule has 5 heteroatoms. The van der Waals surface area contributed by atoms with E-state index in [1.54, 1.807) is 0 Å². The predicted molar refractivity (Wildman–Crippen MR) is 39.8 cm³/mol. The van der Waals surface area contributed by atoms with Crippen molar-refractivity contribution in [3.8, 4) is 5.75 Å². The Labute approximate surface area is 67.5 Å². The second-order valence-electron chi connectivity index (χ2n) is 2.00. The molecule has 62 valence electrons. The van der Waals surface area contributed by atoms with Crippen LogP contribution in [0.3, 0.4) is 0 Å². The molecule has 1 N–H and O–H groups in total. The van der Waals surface area contributed by atoms with E-state index in [9.17, 15) is 9.70 Å². The van der Waals surface area contributed by atoms with E-state index in [1.165, 1.54) is 24.3 Å². The van der Waals surface area contributed by atoms with Crippen LogP contribution in [0.15, 0.2) is 29.6 Å². The molecule has 0 aliphatic rings. The Kier molecular flexibility index (Phi) is 2.37. The molecule has 0 spiro atoms. The maximum atomic E-state index is 10.3. The third kappa shape index (κ3) is 1.79. The van der Waals surface area contributed by atoms with Crippen molar-refractivity contribution in [2.45, 2.75) is 0 Å². The van der Waals surface area contributed by atoms with Crippen molar-refractivity contribution in [3.05, 3.63) is 34.7 Å². The molecule has 0 saturated heterocycles. The van der Waals surface area contributed by atoms with Crippen molar-refractivity contribution in [2.24, 2.45) is 5.34 Å². The van der Waals surface area contributed by atoms with Crippen LogP contribution in [0.2, 0.25) is 0 Å². The van der Waals surface area contributed by atoms with Crippen LogP contribution in [0.25, 0.3) is 0 Å². The van der Waals surface area contributed by atoms with Crippen LogP contribution in [0.5, 0.6) is 5.75 Å². The summed E-state index contributed by atoms with van der Waals surface area (Å²) in [6.07, 6.45) is 0. The molecule has 1 aromatic rings. The zero-order valence-electron chi connectivity index (χ0n) is 5.93. The van der Waals surface area contributed by atoms with Gasteiger partial charge in [-0.2, -0.15) is 0 Å². The van der Waals surface area contributed by atoms with Gasteiger partial charge in [0, 0.05) is 0 Å². The Morgan fingerprint density at radius 2 is 1.92 bits per heavy atom. The highest BCUT2D eigenvalue weighted by molar-refractivity contribution is 5.87. The molecule has 1 aromatic carbocycles. The van der Waals surface area contributed by atoms with Crippen LogP contribution in [0.4, 0.5) is 0 Å². The lowest BCUT2D eigenvalue weighted by Crippen LogP contribution is -1.94. The molecule has 0 aliphatic carbocycles. The fraction of sp³-hybridized carbons (Fsp3) is 0. The molecule has 0 fully saturated rings. The van der Waals surface area contributed by atoms with Crippen molar-refractivity contribution in [1.29, 1.82) is 0 Å². The number of carboxylic acid groups (broad SMARTS) is 1. The highest BCUT2D eigenvalue weighted by Crippen LogP contribution is 2.11. The number of hydrogen-bond donors (Lipinski definition) is 1. The number of benzene rings is 1. The summed E-state index contributed by atoms with van der Waals surface area (Å²) in [5.41, 5.74) is 0.133. The SMILES string of the molecule is O=NOc1ccc(C(=O)O)cc1. The number of aromatic carboxylic acids is 1. The van der Waals surface area contributed by atoms with Gasteiger partial charge in [-0.05, 0) is 24.3 Å². The largest absolute Gasteiger partial charge is 0.478 e. The normalized spacial score (nSPS) is 9.00. The zero-order chi connectivity index (χ0) is 8.97. The summed E-state index contributed by atoms with van der Waals surface area (Å²) in [7, 11) is 0. The van der Waals surface area contributed by atoms with E-state index in [0.717, 1.165) is 0 Å². The first-order chi connectivity index (χ1) is 5.74. The van der Waals surface area contributed by atoms with Gasteiger partial charge in [0.15, 0.2) is 11.1 Å². The van der Waals surface area contributed by atoms with E-state index in [0.29, 0.717) is 0 Å². The van der Waals surface area contributed by atoms with Gasteiger partial charge >= 0.3 is 5.97 Å². The molecule has 0 saturated carbocycles. The van der Waals surface area contributed by atoms with Crippen molar-refractivity contribution < 1.29 is 14.7 Å². The van der Waals surface area contributed by atoms with Gasteiger partial charge in [0.05, 0.1) is 5.56 Å². The Bertz CT molecular complexity index is 293. The van der Waals surface area contributed by atoms with E-state index in [1.807, 2.05) is 0 Å². The molecule has 0 amide bonds. The monoisotopic (exact) mass is 167 g/mol. The summed E-state index contributed by atoms with van der Waals surface area (Å²) < 4.78 is 0. The van der Waals surface area contributed by atoms with Gasteiger partial charge in [-0.3, -0.25) is 0 Å². The van der Waals surface area contributed by atoms with Gasteiger partial charge in [-0.25, -0.2) is 4.79 Å². The summed E-state index contributed by atoms with van der Waals surface area (Å²) in [5.74, 6) is -0.810. The fourth-order valence-electron chi connectivity index (χ4n) is 0.701. The number of carbonyl (C=O) groups is 1. The molecule has 0 heterocycles. The molecule has 12 heavy (non-hydrogen) atoms. The van der Waals surface area contributed by atoms with E-state index >= 15 is 0 Å². The lowest BCUT2D eigenvalue weighted by atomic mass is 10.2. The maximum absolute atomic E-state index is 10.3. The number of hydrogen-bond acceptors (Lipinski definition) is 4. The van der Waals surface area contributed by atoms with Crippen LogP contribution in [0, 0.1) is 4.91 Å². The van der Waals surface area contributed by atoms with E-state index < -0.39 is 5.97 Å². The number of carboxylic acids is 1. The second kappa shape index (κ2) is 3.47. The lowest BCUT2D eigenvalue weighted by molar-refractivity contribution is 0.0697. The molecule has 0 aliphatic heterocycles. The van der Waals surface area contributed by atoms with Gasteiger partial charge in [0.1, 0.15) is 0 Å². The molecular formula is C7H5NO4. The Balaban J connectivity index is 2.85. The molecule has 0 aromatic heterocycles. The third-order valence-electron chi connectivity index (χ3n) is 1.24. The Morgan fingerprint density at radius 1 is 1.33 bits per heavy atom. The van der Waals surface area contributed by atoms with E-state index in [-0.39, 0.29) is 11.3 Å². The second-order valence-corrected chi connectivity index (χ2v) is 2.00. The zero-order valence-corrected chi connectivity index (χ0v) is 5.93. The maximum Gasteiger partial charge on any atom is 0.335 e. The van der Waals surface area contributed by atoms with Crippen LogP contribution in [0.1, 0.15) is 10.4 Å². The van der Waals surface area contributed by atoms with Crippen LogP contribution >= 0.6 is 0 Å². The first-order valence-electron chi connectivity index (χ1n) is 3.07. The minimum absolute atomic E-state index is 0.133. The molecule has 1 rings (SSSR count). The van der Waals surface area contributed by atoms with Gasteiger partial charge in [0.2, 0.25) is 0 Å². The molecule has 0 unspecified atom stereocenters. The average Bonchev–Trinajstić information content (AvgIpc) is 2.06. The van der Waals surface area contributed by atoms with Crippen LogP contribution in [-0.2, 0) is 0 Å². The third-order valence-corrected chi connectivity index (χ3v) is 1.24. The molecular weight excluding hydrogens is 162 g/mol. The predicted octanol–water partition coefficient (Wildman–Crippen LogP) is 1.45. The summed E-state index contributed by atoms with van der Waals surface area (Å²) >= 11 is 0. The summed E-state index contributed by atoms with van der Waals surface area (Å²) in [4.78, 5) is 24.2. The van der Waals surface area contributed by atoms with Crippen molar-refractivity contribution in [1.82, 2.24) is 0 Å². The first-order valence-corrected chi connectivity index (χ1v) is 3.07. The average molecular weight is 167 g/mol. The van der Waals surface area contributed by atoms with Gasteiger partial charge in [-0.15, -0.1) is 4.91 Å². The van der Waals surface area contributed by atoms with Crippen molar-refractivity contribution in [2.75, 3.05) is 0 Å². The molecule has 5 nitrogen and oxygen atoms in total. The van der Waals surface area contributed by atoms with Gasteiger partial charge in [-0.1, -0.05) is 0 Å². The van der Waals surface area contributed by atoms with E-state index in [4.69, 9.17) is 5.11 Å². The highest BCUT2D eigenvalue weighted by Gasteiger charge is 2.01. The minimum Gasteiger partial charge on any atom is -0.478 e. The lowest BCUT2D eigenvalue weighted by Gasteiger charge is -1.95. The molecule has 0 bridgehead atoms. The van der Waals surface area contributed by atoms with Crippen LogP contribution < -0.4 is 4.84 Å². The quantitative estimate of drug-likeness (QED) is 0.545. The minimum atomic E-state index is -1.03. The molecule has 0 radical (unpaired) electrons. The molecule has 0 atom stereocenters. The highest BCUT2D eigenvalue weighted by atomic mass is 16.7. The summed E-state index contributed by atoms with van der Waals surface area (Å²) in [6.45, 7) is 0.